The molecule has 2 N–H and O–H groups in total. The molecule has 0 spiro atoms. The molecular formula is C15H21ClN2O. The van der Waals surface area contributed by atoms with Crippen LogP contribution in [0, 0.1) is 5.41 Å². The predicted molar refractivity (Wildman–Crippen MR) is 78.2 cm³/mol. The highest BCUT2D eigenvalue weighted by Crippen LogP contribution is 2.30. The first kappa shape index (κ1) is 14.4. The summed E-state index contributed by atoms with van der Waals surface area (Å²) in [6.45, 7) is 5.77. The Morgan fingerprint density at radius 2 is 2.37 bits per heavy atom. The smallest absolute Gasteiger partial charge is 0.228 e. The van der Waals surface area contributed by atoms with E-state index in [2.05, 4.69) is 17.6 Å². The number of carbonyl (C=O) groups excluding carboxylic acids is 1. The monoisotopic (exact) mass is 280 g/mol. The molecule has 0 bridgehead atoms. The minimum Gasteiger partial charge on any atom is -0.349 e. The normalized spacial score (nSPS) is 24.2. The second-order valence-corrected chi connectivity index (χ2v) is 5.75. The molecule has 2 rings (SSSR count). The summed E-state index contributed by atoms with van der Waals surface area (Å²) in [4.78, 5) is 12.5. The van der Waals surface area contributed by atoms with E-state index in [0.717, 1.165) is 31.5 Å². The molecule has 1 heterocycles. The van der Waals surface area contributed by atoms with Gasteiger partial charge in [0.2, 0.25) is 5.91 Å². The summed E-state index contributed by atoms with van der Waals surface area (Å²) in [5.41, 5.74) is 0.797. The van der Waals surface area contributed by atoms with E-state index in [-0.39, 0.29) is 17.4 Å². The predicted octanol–water partition coefficient (Wildman–Crippen LogP) is 2.91. The molecule has 0 saturated carbocycles. The van der Waals surface area contributed by atoms with E-state index < -0.39 is 0 Å². The molecule has 0 aromatic heterocycles. The van der Waals surface area contributed by atoms with Crippen LogP contribution in [0.1, 0.15) is 38.3 Å². The molecule has 0 aliphatic carbocycles. The van der Waals surface area contributed by atoms with Gasteiger partial charge in [0.25, 0.3) is 0 Å². The number of amides is 1. The maximum Gasteiger partial charge on any atom is 0.228 e. The van der Waals surface area contributed by atoms with Crippen molar-refractivity contribution >= 4 is 17.5 Å². The molecule has 1 aliphatic heterocycles. The van der Waals surface area contributed by atoms with Crippen molar-refractivity contribution in [2.45, 2.75) is 32.7 Å². The zero-order valence-corrected chi connectivity index (χ0v) is 12.3. The van der Waals surface area contributed by atoms with Crippen LogP contribution in [0.3, 0.4) is 0 Å². The Morgan fingerprint density at radius 1 is 1.58 bits per heavy atom. The zero-order chi connectivity index (χ0) is 13.9. The Balaban J connectivity index is 2.06. The van der Waals surface area contributed by atoms with E-state index in [1.54, 1.807) is 0 Å². The van der Waals surface area contributed by atoms with Crippen molar-refractivity contribution in [3.63, 3.8) is 0 Å². The van der Waals surface area contributed by atoms with Crippen LogP contribution in [0.4, 0.5) is 0 Å². The van der Waals surface area contributed by atoms with Crippen molar-refractivity contribution in [3.8, 4) is 0 Å². The quantitative estimate of drug-likeness (QED) is 0.890. The summed E-state index contributed by atoms with van der Waals surface area (Å²) in [5, 5.41) is 7.10. The molecule has 2 atom stereocenters. The van der Waals surface area contributed by atoms with E-state index >= 15 is 0 Å². The first-order chi connectivity index (χ1) is 9.07. The Hall–Kier alpha value is -1.06. The van der Waals surface area contributed by atoms with Crippen molar-refractivity contribution in [2.24, 2.45) is 5.41 Å². The highest BCUT2D eigenvalue weighted by Gasteiger charge is 2.39. The lowest BCUT2D eigenvalue weighted by Crippen LogP contribution is -2.43. The van der Waals surface area contributed by atoms with Gasteiger partial charge in [0.1, 0.15) is 0 Å². The van der Waals surface area contributed by atoms with E-state index in [0.29, 0.717) is 5.02 Å². The number of carbonyl (C=O) groups is 1. The van der Waals surface area contributed by atoms with E-state index in [1.165, 1.54) is 0 Å². The van der Waals surface area contributed by atoms with Crippen LogP contribution >= 0.6 is 11.6 Å². The van der Waals surface area contributed by atoms with Gasteiger partial charge < -0.3 is 10.6 Å². The van der Waals surface area contributed by atoms with Gasteiger partial charge in [0, 0.05) is 11.6 Å². The molecule has 4 heteroatoms. The third kappa shape index (κ3) is 3.10. The number of benzene rings is 1. The van der Waals surface area contributed by atoms with Crippen LogP contribution in [0.15, 0.2) is 24.3 Å². The van der Waals surface area contributed by atoms with Crippen LogP contribution in [0.5, 0.6) is 0 Å². The Labute approximate surface area is 119 Å². The molecule has 1 fully saturated rings. The van der Waals surface area contributed by atoms with Crippen LogP contribution in [0.25, 0.3) is 0 Å². The number of hydrogen-bond acceptors (Lipinski definition) is 2. The lowest BCUT2D eigenvalue weighted by Gasteiger charge is -2.27. The van der Waals surface area contributed by atoms with Crippen LogP contribution in [-0.2, 0) is 4.79 Å². The van der Waals surface area contributed by atoms with E-state index in [1.807, 2.05) is 31.2 Å². The van der Waals surface area contributed by atoms with Gasteiger partial charge in [0.05, 0.1) is 11.5 Å². The van der Waals surface area contributed by atoms with Crippen molar-refractivity contribution in [3.05, 3.63) is 34.9 Å². The molecule has 1 aliphatic rings. The minimum absolute atomic E-state index is 0.0183. The lowest BCUT2D eigenvalue weighted by molar-refractivity contribution is -0.131. The molecule has 1 amide bonds. The van der Waals surface area contributed by atoms with Gasteiger partial charge in [0.15, 0.2) is 0 Å². The van der Waals surface area contributed by atoms with Gasteiger partial charge in [-0.05, 0) is 44.0 Å². The second-order valence-electron chi connectivity index (χ2n) is 5.31. The first-order valence-electron chi connectivity index (χ1n) is 6.84. The van der Waals surface area contributed by atoms with Gasteiger partial charge in [-0.2, -0.15) is 0 Å². The largest absolute Gasteiger partial charge is 0.349 e. The number of hydrogen-bond donors (Lipinski definition) is 2. The number of rotatable bonds is 4. The molecule has 1 saturated heterocycles. The van der Waals surface area contributed by atoms with Gasteiger partial charge >= 0.3 is 0 Å². The summed E-state index contributed by atoms with van der Waals surface area (Å²) >= 11 is 5.98. The van der Waals surface area contributed by atoms with E-state index in [9.17, 15) is 4.79 Å². The summed E-state index contributed by atoms with van der Waals surface area (Å²) in [6, 6.07) is 7.62. The molecule has 2 unspecified atom stereocenters. The summed E-state index contributed by atoms with van der Waals surface area (Å²) in [7, 11) is 0. The topological polar surface area (TPSA) is 41.1 Å². The summed E-state index contributed by atoms with van der Waals surface area (Å²) in [5.74, 6) is 0.146. The molecule has 0 radical (unpaired) electrons. The first-order valence-corrected chi connectivity index (χ1v) is 7.22. The molecule has 1 aromatic carbocycles. The van der Waals surface area contributed by atoms with Gasteiger partial charge in [-0.25, -0.2) is 0 Å². The van der Waals surface area contributed by atoms with Crippen molar-refractivity contribution in [1.82, 2.24) is 10.6 Å². The van der Waals surface area contributed by atoms with Crippen molar-refractivity contribution < 1.29 is 4.79 Å². The highest BCUT2D eigenvalue weighted by molar-refractivity contribution is 6.30. The Morgan fingerprint density at radius 3 is 2.95 bits per heavy atom. The van der Waals surface area contributed by atoms with Crippen molar-refractivity contribution in [2.75, 3.05) is 13.1 Å². The maximum absolute atomic E-state index is 12.5. The molecule has 1 aromatic rings. The lowest BCUT2D eigenvalue weighted by atomic mass is 9.83. The fourth-order valence-corrected chi connectivity index (χ4v) is 2.81. The maximum atomic E-state index is 12.5. The second kappa shape index (κ2) is 5.93. The third-order valence-electron chi connectivity index (χ3n) is 4.10. The minimum atomic E-state index is -0.243. The average molecular weight is 281 g/mol. The molecule has 104 valence electrons. The third-order valence-corrected chi connectivity index (χ3v) is 4.33. The Bertz CT molecular complexity index is 455. The SMILES string of the molecule is CCC1(C(=O)NC(C)c2cccc(Cl)c2)CCNC1. The highest BCUT2D eigenvalue weighted by atomic mass is 35.5. The van der Waals surface area contributed by atoms with Gasteiger partial charge in [-0.1, -0.05) is 30.7 Å². The van der Waals surface area contributed by atoms with Crippen LogP contribution in [0.2, 0.25) is 5.02 Å². The standard InChI is InChI=1S/C15H21ClN2O/c1-3-15(7-8-17-10-15)14(19)18-11(2)12-5-4-6-13(16)9-12/h4-6,9,11,17H,3,7-8,10H2,1-2H3,(H,18,19). The van der Waals surface area contributed by atoms with E-state index in [4.69, 9.17) is 11.6 Å². The van der Waals surface area contributed by atoms with Crippen LogP contribution in [-0.4, -0.2) is 19.0 Å². The van der Waals surface area contributed by atoms with Gasteiger partial charge in [-0.15, -0.1) is 0 Å². The fraction of sp³-hybridized carbons (Fsp3) is 0.533. The Kier molecular flexibility index (Phi) is 4.48. The average Bonchev–Trinajstić information content (AvgIpc) is 2.88. The van der Waals surface area contributed by atoms with Gasteiger partial charge in [-0.3, -0.25) is 4.79 Å². The molecular weight excluding hydrogens is 260 g/mol. The number of halogens is 1. The van der Waals surface area contributed by atoms with Crippen molar-refractivity contribution in [1.29, 1.82) is 0 Å². The summed E-state index contributed by atoms with van der Waals surface area (Å²) < 4.78 is 0. The molecule has 19 heavy (non-hydrogen) atoms. The fourth-order valence-electron chi connectivity index (χ4n) is 2.61. The molecule has 3 nitrogen and oxygen atoms in total. The zero-order valence-electron chi connectivity index (χ0n) is 11.5. The summed E-state index contributed by atoms with van der Waals surface area (Å²) in [6.07, 6.45) is 1.78. The van der Waals surface area contributed by atoms with Crippen LogP contribution < -0.4 is 10.6 Å². The number of nitrogens with one attached hydrogen (secondary N) is 2.